The molecule has 0 aromatic heterocycles. The van der Waals surface area contributed by atoms with E-state index in [-0.39, 0.29) is 11.5 Å². The highest BCUT2D eigenvalue weighted by molar-refractivity contribution is 5.76. The minimum atomic E-state index is -0.204. The fourth-order valence-electron chi connectivity index (χ4n) is 2.70. The summed E-state index contributed by atoms with van der Waals surface area (Å²) < 4.78 is 5.95. The third kappa shape index (κ3) is 7.10. The fraction of sp³-hybridized carbons (Fsp3) is 0.944. The molecule has 0 saturated carbocycles. The molecule has 1 aliphatic heterocycles. The number of hydrogen-bond donors (Lipinski definition) is 0. The van der Waals surface area contributed by atoms with Crippen molar-refractivity contribution >= 4 is 5.91 Å². The summed E-state index contributed by atoms with van der Waals surface area (Å²) >= 11 is 0. The van der Waals surface area contributed by atoms with Gasteiger partial charge in [-0.05, 0) is 46.5 Å². The van der Waals surface area contributed by atoms with Gasteiger partial charge < -0.3 is 9.64 Å². The second-order valence-corrected chi connectivity index (χ2v) is 7.80. The van der Waals surface area contributed by atoms with Crippen LogP contribution in [0.1, 0.15) is 60.8 Å². The van der Waals surface area contributed by atoms with Crippen LogP contribution in [0.4, 0.5) is 0 Å². The van der Waals surface area contributed by atoms with E-state index in [0.29, 0.717) is 18.4 Å². The van der Waals surface area contributed by atoms with Crippen LogP contribution >= 0.6 is 0 Å². The van der Waals surface area contributed by atoms with Crippen molar-refractivity contribution in [1.82, 2.24) is 9.80 Å². The summed E-state index contributed by atoms with van der Waals surface area (Å²) in [7, 11) is 0. The molecule has 130 valence electrons. The van der Waals surface area contributed by atoms with Gasteiger partial charge in [-0.2, -0.15) is 0 Å². The molecule has 4 nitrogen and oxygen atoms in total. The third-order valence-corrected chi connectivity index (χ3v) is 4.53. The average molecular weight is 312 g/mol. The van der Waals surface area contributed by atoms with Gasteiger partial charge in [-0.1, -0.05) is 13.8 Å². The van der Waals surface area contributed by atoms with Crippen LogP contribution in [0.5, 0.6) is 0 Å². The summed E-state index contributed by atoms with van der Waals surface area (Å²) in [5, 5.41) is 0. The Morgan fingerprint density at radius 2 is 1.68 bits per heavy atom. The molecule has 0 aromatic carbocycles. The van der Waals surface area contributed by atoms with E-state index in [4.69, 9.17) is 4.74 Å². The molecule has 0 spiro atoms. The van der Waals surface area contributed by atoms with Crippen LogP contribution in [-0.4, -0.2) is 60.1 Å². The zero-order valence-corrected chi connectivity index (χ0v) is 15.5. The SMILES string of the molecule is CC(C)CCOC(C)(C)CCC(=O)N1CCN(C(C)C)CC1. The number of carbonyl (C=O) groups is 1. The lowest BCUT2D eigenvalue weighted by Gasteiger charge is -2.37. The highest BCUT2D eigenvalue weighted by Gasteiger charge is 2.25. The third-order valence-electron chi connectivity index (χ3n) is 4.53. The van der Waals surface area contributed by atoms with Crippen LogP contribution in [0.2, 0.25) is 0 Å². The molecular formula is C18H36N2O2. The van der Waals surface area contributed by atoms with Crippen LogP contribution < -0.4 is 0 Å². The van der Waals surface area contributed by atoms with Crippen LogP contribution in [0.25, 0.3) is 0 Å². The van der Waals surface area contributed by atoms with Crippen molar-refractivity contribution in [2.75, 3.05) is 32.8 Å². The van der Waals surface area contributed by atoms with Gasteiger partial charge in [0.2, 0.25) is 5.91 Å². The Bertz CT molecular complexity index is 332. The Kier molecular flexibility index (Phi) is 7.84. The van der Waals surface area contributed by atoms with Gasteiger partial charge in [0.1, 0.15) is 0 Å². The van der Waals surface area contributed by atoms with E-state index >= 15 is 0 Å². The smallest absolute Gasteiger partial charge is 0.222 e. The second kappa shape index (κ2) is 8.88. The first-order valence-electron chi connectivity index (χ1n) is 8.87. The summed E-state index contributed by atoms with van der Waals surface area (Å²) in [4.78, 5) is 16.8. The Morgan fingerprint density at radius 1 is 1.09 bits per heavy atom. The van der Waals surface area contributed by atoms with E-state index < -0.39 is 0 Å². The van der Waals surface area contributed by atoms with Crippen LogP contribution in [0.15, 0.2) is 0 Å². The molecule has 22 heavy (non-hydrogen) atoms. The maximum absolute atomic E-state index is 12.4. The average Bonchev–Trinajstić information content (AvgIpc) is 2.44. The molecule has 0 radical (unpaired) electrons. The Morgan fingerprint density at radius 3 is 2.18 bits per heavy atom. The maximum atomic E-state index is 12.4. The maximum Gasteiger partial charge on any atom is 0.222 e. The number of ether oxygens (including phenoxy) is 1. The van der Waals surface area contributed by atoms with Crippen molar-refractivity contribution in [1.29, 1.82) is 0 Å². The lowest BCUT2D eigenvalue weighted by molar-refractivity contribution is -0.135. The highest BCUT2D eigenvalue weighted by atomic mass is 16.5. The molecule has 1 amide bonds. The lowest BCUT2D eigenvalue weighted by atomic mass is 10.0. The molecule has 0 aromatic rings. The van der Waals surface area contributed by atoms with Gasteiger partial charge in [0.05, 0.1) is 5.60 Å². The topological polar surface area (TPSA) is 32.8 Å². The summed E-state index contributed by atoms with van der Waals surface area (Å²) in [6, 6.07) is 0.575. The van der Waals surface area contributed by atoms with E-state index in [2.05, 4.69) is 46.4 Å². The highest BCUT2D eigenvalue weighted by Crippen LogP contribution is 2.19. The minimum absolute atomic E-state index is 0.204. The summed E-state index contributed by atoms with van der Waals surface area (Å²) in [6.07, 6.45) is 2.47. The number of hydrogen-bond acceptors (Lipinski definition) is 3. The van der Waals surface area contributed by atoms with Gasteiger partial charge in [-0.15, -0.1) is 0 Å². The lowest BCUT2D eigenvalue weighted by Crippen LogP contribution is -2.50. The molecule has 0 bridgehead atoms. The first-order valence-corrected chi connectivity index (χ1v) is 8.87. The monoisotopic (exact) mass is 312 g/mol. The van der Waals surface area contributed by atoms with Crippen molar-refractivity contribution in [3.05, 3.63) is 0 Å². The van der Waals surface area contributed by atoms with Gasteiger partial charge in [-0.25, -0.2) is 0 Å². The number of amides is 1. The second-order valence-electron chi connectivity index (χ2n) is 7.80. The zero-order chi connectivity index (χ0) is 16.8. The predicted octanol–water partition coefficient (Wildman–Crippen LogP) is 3.16. The van der Waals surface area contributed by atoms with Crippen molar-refractivity contribution in [3.8, 4) is 0 Å². The van der Waals surface area contributed by atoms with Crippen molar-refractivity contribution < 1.29 is 9.53 Å². The first kappa shape index (κ1) is 19.4. The summed E-state index contributed by atoms with van der Waals surface area (Å²) in [5.74, 6) is 0.943. The molecule has 0 aliphatic carbocycles. The van der Waals surface area contributed by atoms with E-state index in [1.165, 1.54) is 0 Å². The Labute approximate surface area is 137 Å². The minimum Gasteiger partial charge on any atom is -0.376 e. The molecule has 0 unspecified atom stereocenters. The molecule has 4 heteroatoms. The largest absolute Gasteiger partial charge is 0.376 e. The van der Waals surface area contributed by atoms with Crippen molar-refractivity contribution in [2.45, 2.75) is 72.4 Å². The summed E-state index contributed by atoms with van der Waals surface area (Å²) in [6.45, 7) is 17.5. The molecular weight excluding hydrogens is 276 g/mol. The number of rotatable bonds is 8. The molecule has 1 aliphatic rings. The van der Waals surface area contributed by atoms with E-state index in [1.54, 1.807) is 0 Å². The van der Waals surface area contributed by atoms with Gasteiger partial charge in [0.25, 0.3) is 0 Å². The van der Waals surface area contributed by atoms with E-state index in [9.17, 15) is 4.79 Å². The van der Waals surface area contributed by atoms with Crippen LogP contribution in [-0.2, 0) is 9.53 Å². The number of carbonyl (C=O) groups excluding carboxylic acids is 1. The predicted molar refractivity (Wildman–Crippen MR) is 92.0 cm³/mol. The standard InChI is InChI=1S/C18H36N2O2/c1-15(2)8-14-22-18(5,6)9-7-17(21)20-12-10-19(11-13-20)16(3)4/h15-16H,7-14H2,1-6H3. The number of piperazine rings is 1. The fourth-order valence-corrected chi connectivity index (χ4v) is 2.70. The van der Waals surface area contributed by atoms with Crippen molar-refractivity contribution in [3.63, 3.8) is 0 Å². The van der Waals surface area contributed by atoms with Crippen LogP contribution in [0.3, 0.4) is 0 Å². The van der Waals surface area contributed by atoms with Gasteiger partial charge in [-0.3, -0.25) is 9.69 Å². The molecule has 1 saturated heterocycles. The summed E-state index contributed by atoms with van der Waals surface area (Å²) in [5.41, 5.74) is -0.204. The molecule has 1 fully saturated rings. The normalized spacial score (nSPS) is 17.5. The first-order chi connectivity index (χ1) is 10.2. The molecule has 1 heterocycles. The molecule has 1 rings (SSSR count). The quantitative estimate of drug-likeness (QED) is 0.690. The van der Waals surface area contributed by atoms with Crippen molar-refractivity contribution in [2.24, 2.45) is 5.92 Å². The molecule has 0 N–H and O–H groups in total. The van der Waals surface area contributed by atoms with Gasteiger partial charge >= 0.3 is 0 Å². The van der Waals surface area contributed by atoms with Gasteiger partial charge in [0.15, 0.2) is 0 Å². The Balaban J connectivity index is 2.27. The van der Waals surface area contributed by atoms with E-state index in [0.717, 1.165) is 45.6 Å². The van der Waals surface area contributed by atoms with E-state index in [1.807, 2.05) is 4.90 Å². The zero-order valence-electron chi connectivity index (χ0n) is 15.5. The molecule has 0 atom stereocenters. The van der Waals surface area contributed by atoms with Gasteiger partial charge in [0, 0.05) is 45.2 Å². The number of nitrogens with zero attached hydrogens (tertiary/aromatic N) is 2. The Hall–Kier alpha value is -0.610. The van der Waals surface area contributed by atoms with Crippen LogP contribution in [0, 0.1) is 5.92 Å².